The first-order valence-corrected chi connectivity index (χ1v) is 6.99. The normalized spacial score (nSPS) is 16.3. The molecule has 21 heavy (non-hydrogen) atoms. The Hall–Kier alpha value is -0.910. The molecule has 118 valence electrons. The number of hydrogen-bond acceptors (Lipinski definition) is 4. The van der Waals surface area contributed by atoms with Gasteiger partial charge in [-0.25, -0.2) is 0 Å². The van der Waals surface area contributed by atoms with Gasteiger partial charge in [-0.15, -0.1) is 35.0 Å². The topological polar surface area (TPSA) is 55.1 Å². The fraction of sp³-hybridized carbons (Fsp3) is 0.643. The second-order valence-corrected chi connectivity index (χ2v) is 6.32. The zero-order chi connectivity index (χ0) is 13.5. The molecule has 3 rings (SSSR count). The molecular formula is C14H23Cl2N5. The van der Waals surface area contributed by atoms with Crippen molar-refractivity contribution in [1.29, 1.82) is 0 Å². The van der Waals surface area contributed by atoms with Crippen LogP contribution in [0.1, 0.15) is 51.0 Å². The van der Waals surface area contributed by atoms with Crippen LogP contribution in [0.4, 0.5) is 0 Å². The number of piperidine rings is 1. The molecule has 1 aliphatic rings. The van der Waals surface area contributed by atoms with Gasteiger partial charge in [0.2, 0.25) is 0 Å². The predicted octanol–water partition coefficient (Wildman–Crippen LogP) is 2.73. The third-order valence-corrected chi connectivity index (χ3v) is 3.76. The van der Waals surface area contributed by atoms with E-state index in [0.717, 1.165) is 43.1 Å². The monoisotopic (exact) mass is 331 g/mol. The second-order valence-electron chi connectivity index (χ2n) is 6.32. The first-order valence-electron chi connectivity index (χ1n) is 6.99. The summed E-state index contributed by atoms with van der Waals surface area (Å²) < 4.78 is 1.94. The maximum Gasteiger partial charge on any atom is 0.177 e. The SMILES string of the molecule is CC(C)(C)c1ccc2nnc(C3CCNCC3)n2n1.Cl.Cl. The average molecular weight is 332 g/mol. The van der Waals surface area contributed by atoms with E-state index in [9.17, 15) is 0 Å². The highest BCUT2D eigenvalue weighted by molar-refractivity contribution is 5.85. The lowest BCUT2D eigenvalue weighted by molar-refractivity contribution is 0.436. The van der Waals surface area contributed by atoms with Crippen molar-refractivity contribution >= 4 is 30.5 Å². The number of fused-ring (bicyclic) bond motifs is 1. The number of rotatable bonds is 1. The average Bonchev–Trinajstić information content (AvgIpc) is 2.81. The Morgan fingerprint density at radius 2 is 1.76 bits per heavy atom. The minimum atomic E-state index is 0. The Morgan fingerprint density at radius 1 is 1.10 bits per heavy atom. The summed E-state index contributed by atoms with van der Waals surface area (Å²) in [5, 5.41) is 16.7. The van der Waals surface area contributed by atoms with Crippen molar-refractivity contribution in [3.05, 3.63) is 23.7 Å². The zero-order valence-corrected chi connectivity index (χ0v) is 14.3. The van der Waals surface area contributed by atoms with Gasteiger partial charge in [0.05, 0.1) is 5.69 Å². The van der Waals surface area contributed by atoms with Crippen molar-refractivity contribution in [2.24, 2.45) is 0 Å². The van der Waals surface area contributed by atoms with Gasteiger partial charge in [-0.3, -0.25) is 0 Å². The molecular weight excluding hydrogens is 309 g/mol. The fourth-order valence-electron chi connectivity index (χ4n) is 2.54. The van der Waals surface area contributed by atoms with E-state index in [0.29, 0.717) is 5.92 Å². The molecule has 0 aliphatic carbocycles. The van der Waals surface area contributed by atoms with Crippen LogP contribution in [-0.2, 0) is 5.41 Å². The summed E-state index contributed by atoms with van der Waals surface area (Å²) in [6, 6.07) is 4.07. The summed E-state index contributed by atoms with van der Waals surface area (Å²) in [6.07, 6.45) is 2.23. The molecule has 0 radical (unpaired) electrons. The van der Waals surface area contributed by atoms with Gasteiger partial charge in [0.1, 0.15) is 0 Å². The van der Waals surface area contributed by atoms with E-state index >= 15 is 0 Å². The van der Waals surface area contributed by atoms with E-state index in [-0.39, 0.29) is 30.2 Å². The van der Waals surface area contributed by atoms with E-state index in [4.69, 9.17) is 5.10 Å². The minimum Gasteiger partial charge on any atom is -0.317 e. The molecule has 1 aliphatic heterocycles. The van der Waals surface area contributed by atoms with Crippen molar-refractivity contribution in [2.45, 2.75) is 44.9 Å². The number of halogens is 2. The van der Waals surface area contributed by atoms with Gasteiger partial charge in [0, 0.05) is 11.3 Å². The molecule has 3 heterocycles. The number of nitrogens with zero attached hydrogens (tertiary/aromatic N) is 4. The van der Waals surface area contributed by atoms with Crippen LogP contribution < -0.4 is 5.32 Å². The van der Waals surface area contributed by atoms with Gasteiger partial charge in [0.15, 0.2) is 11.5 Å². The predicted molar refractivity (Wildman–Crippen MR) is 88.8 cm³/mol. The van der Waals surface area contributed by atoms with Crippen molar-refractivity contribution in [2.75, 3.05) is 13.1 Å². The first-order chi connectivity index (χ1) is 9.05. The van der Waals surface area contributed by atoms with Crippen LogP contribution in [0.15, 0.2) is 12.1 Å². The van der Waals surface area contributed by atoms with E-state index in [1.165, 1.54) is 0 Å². The Balaban J connectivity index is 0.00000110. The summed E-state index contributed by atoms with van der Waals surface area (Å²) in [4.78, 5) is 0. The van der Waals surface area contributed by atoms with Gasteiger partial charge in [0.25, 0.3) is 0 Å². The zero-order valence-electron chi connectivity index (χ0n) is 12.7. The number of aromatic nitrogens is 4. The Kier molecular flexibility index (Phi) is 5.96. The molecule has 5 nitrogen and oxygen atoms in total. The molecule has 1 N–H and O–H groups in total. The van der Waals surface area contributed by atoms with E-state index in [1.807, 2.05) is 10.6 Å². The summed E-state index contributed by atoms with van der Waals surface area (Å²) in [5.74, 6) is 1.49. The molecule has 0 spiro atoms. The van der Waals surface area contributed by atoms with Crippen LogP contribution in [0.25, 0.3) is 5.65 Å². The maximum absolute atomic E-state index is 4.75. The van der Waals surface area contributed by atoms with Crippen LogP contribution in [-0.4, -0.2) is 32.9 Å². The van der Waals surface area contributed by atoms with Gasteiger partial charge >= 0.3 is 0 Å². The van der Waals surface area contributed by atoms with Gasteiger partial charge in [-0.2, -0.15) is 9.61 Å². The molecule has 0 aromatic carbocycles. The molecule has 7 heteroatoms. The van der Waals surface area contributed by atoms with Crippen LogP contribution >= 0.6 is 24.8 Å². The molecule has 2 aromatic heterocycles. The maximum atomic E-state index is 4.75. The molecule has 0 saturated carbocycles. The lowest BCUT2D eigenvalue weighted by Crippen LogP contribution is -2.28. The Morgan fingerprint density at radius 3 is 2.38 bits per heavy atom. The summed E-state index contributed by atoms with van der Waals surface area (Å²) >= 11 is 0. The molecule has 1 fully saturated rings. The Bertz CT molecular complexity index is 585. The standard InChI is InChI=1S/C14H21N5.2ClH/c1-14(2,3)11-4-5-12-16-17-13(19(12)18-11)10-6-8-15-9-7-10;;/h4-5,10,15H,6-9H2,1-3H3;2*1H. The second kappa shape index (κ2) is 6.90. The summed E-state index contributed by atoms with van der Waals surface area (Å²) in [5.41, 5.74) is 1.97. The van der Waals surface area contributed by atoms with Crippen LogP contribution in [0, 0.1) is 0 Å². The quantitative estimate of drug-likeness (QED) is 0.872. The fourth-order valence-corrected chi connectivity index (χ4v) is 2.54. The number of hydrogen-bond donors (Lipinski definition) is 1. The lowest BCUT2D eigenvalue weighted by Gasteiger charge is -2.21. The van der Waals surface area contributed by atoms with Gasteiger partial charge in [-0.05, 0) is 38.1 Å². The Labute approximate surface area is 137 Å². The lowest BCUT2D eigenvalue weighted by atomic mass is 9.92. The smallest absolute Gasteiger partial charge is 0.177 e. The van der Waals surface area contributed by atoms with Crippen molar-refractivity contribution in [3.8, 4) is 0 Å². The highest BCUT2D eigenvalue weighted by atomic mass is 35.5. The van der Waals surface area contributed by atoms with Crippen LogP contribution in [0.5, 0.6) is 0 Å². The minimum absolute atomic E-state index is 0. The third kappa shape index (κ3) is 3.65. The van der Waals surface area contributed by atoms with E-state index in [2.05, 4.69) is 42.4 Å². The first kappa shape index (κ1) is 18.1. The molecule has 0 bridgehead atoms. The highest BCUT2D eigenvalue weighted by Crippen LogP contribution is 2.25. The third-order valence-electron chi connectivity index (χ3n) is 3.76. The van der Waals surface area contributed by atoms with Crippen LogP contribution in [0.3, 0.4) is 0 Å². The van der Waals surface area contributed by atoms with E-state index in [1.54, 1.807) is 0 Å². The van der Waals surface area contributed by atoms with E-state index < -0.39 is 0 Å². The molecule has 0 atom stereocenters. The van der Waals surface area contributed by atoms with Crippen molar-refractivity contribution in [1.82, 2.24) is 25.1 Å². The van der Waals surface area contributed by atoms with Crippen molar-refractivity contribution in [3.63, 3.8) is 0 Å². The van der Waals surface area contributed by atoms with Crippen LogP contribution in [0.2, 0.25) is 0 Å². The van der Waals surface area contributed by atoms with Gasteiger partial charge < -0.3 is 5.32 Å². The number of nitrogens with one attached hydrogen (secondary N) is 1. The summed E-state index contributed by atoms with van der Waals surface area (Å²) in [6.45, 7) is 8.64. The van der Waals surface area contributed by atoms with Gasteiger partial charge in [-0.1, -0.05) is 20.8 Å². The molecule has 1 saturated heterocycles. The molecule has 0 unspecified atom stereocenters. The largest absolute Gasteiger partial charge is 0.317 e. The van der Waals surface area contributed by atoms with Crippen molar-refractivity contribution < 1.29 is 0 Å². The molecule has 0 amide bonds. The molecule has 2 aromatic rings. The highest BCUT2D eigenvalue weighted by Gasteiger charge is 2.23. The summed E-state index contributed by atoms with van der Waals surface area (Å²) in [7, 11) is 0.